The van der Waals surface area contributed by atoms with E-state index in [1.807, 2.05) is 6.92 Å². The van der Waals surface area contributed by atoms with Gasteiger partial charge in [0.15, 0.2) is 0 Å². The molecule has 0 saturated heterocycles. The molecule has 1 saturated carbocycles. The van der Waals surface area contributed by atoms with Crippen molar-refractivity contribution >= 4 is 6.03 Å². The van der Waals surface area contributed by atoms with E-state index in [1.165, 1.54) is 0 Å². The average Bonchev–Trinajstić information content (AvgIpc) is 2.51. The van der Waals surface area contributed by atoms with E-state index in [2.05, 4.69) is 38.3 Å². The van der Waals surface area contributed by atoms with Crippen LogP contribution in [0, 0.1) is 16.7 Å². The maximum absolute atomic E-state index is 11.3. The fourth-order valence-electron chi connectivity index (χ4n) is 2.34. The topological polar surface area (TPSA) is 41.1 Å². The average molecular weight is 212 g/mol. The highest BCUT2D eigenvalue weighted by molar-refractivity contribution is 5.73. The summed E-state index contributed by atoms with van der Waals surface area (Å²) in [7, 11) is 0. The molecule has 0 aromatic heterocycles. The molecular formula is C12H24N2O. The summed E-state index contributed by atoms with van der Waals surface area (Å²) in [5, 5.41) is 5.76. The van der Waals surface area contributed by atoms with Gasteiger partial charge in [0, 0.05) is 13.1 Å². The Morgan fingerprint density at radius 1 is 1.13 bits per heavy atom. The first-order valence-corrected chi connectivity index (χ1v) is 5.85. The lowest BCUT2D eigenvalue weighted by molar-refractivity contribution is 0.240. The van der Waals surface area contributed by atoms with E-state index >= 15 is 0 Å². The molecule has 88 valence electrons. The van der Waals surface area contributed by atoms with E-state index < -0.39 is 0 Å². The molecule has 1 aliphatic rings. The molecule has 1 rings (SSSR count). The van der Waals surface area contributed by atoms with Crippen LogP contribution in [0.4, 0.5) is 4.79 Å². The van der Waals surface area contributed by atoms with Crippen molar-refractivity contribution in [2.24, 2.45) is 16.7 Å². The summed E-state index contributed by atoms with van der Waals surface area (Å²) < 4.78 is 0. The Hall–Kier alpha value is -0.730. The maximum Gasteiger partial charge on any atom is 0.314 e. The Morgan fingerprint density at radius 2 is 1.67 bits per heavy atom. The first-order chi connectivity index (χ1) is 6.84. The summed E-state index contributed by atoms with van der Waals surface area (Å²) in [5.41, 5.74) is 0.704. The van der Waals surface area contributed by atoms with Gasteiger partial charge in [-0.05, 0) is 23.2 Å². The van der Waals surface area contributed by atoms with Crippen molar-refractivity contribution in [1.82, 2.24) is 10.6 Å². The molecular weight excluding hydrogens is 188 g/mol. The van der Waals surface area contributed by atoms with Crippen molar-refractivity contribution < 1.29 is 4.79 Å². The predicted molar refractivity (Wildman–Crippen MR) is 62.7 cm³/mol. The van der Waals surface area contributed by atoms with Crippen LogP contribution >= 0.6 is 0 Å². The minimum Gasteiger partial charge on any atom is -0.338 e. The second kappa shape index (κ2) is 4.03. The van der Waals surface area contributed by atoms with E-state index in [4.69, 9.17) is 0 Å². The van der Waals surface area contributed by atoms with E-state index in [1.54, 1.807) is 0 Å². The van der Waals surface area contributed by atoms with Gasteiger partial charge in [0.25, 0.3) is 0 Å². The number of hydrogen-bond acceptors (Lipinski definition) is 1. The summed E-state index contributed by atoms with van der Waals surface area (Å²) in [4.78, 5) is 11.3. The van der Waals surface area contributed by atoms with Crippen LogP contribution in [0.15, 0.2) is 0 Å². The molecule has 1 fully saturated rings. The Balaban J connectivity index is 2.25. The second-order valence-corrected chi connectivity index (χ2v) is 5.63. The molecule has 0 radical (unpaired) electrons. The minimum atomic E-state index is -0.0321. The molecule has 0 aromatic carbocycles. The Labute approximate surface area is 93.0 Å². The smallest absolute Gasteiger partial charge is 0.314 e. The lowest BCUT2D eigenvalue weighted by Gasteiger charge is -2.07. The van der Waals surface area contributed by atoms with Gasteiger partial charge in [-0.15, -0.1) is 0 Å². The van der Waals surface area contributed by atoms with Crippen molar-refractivity contribution in [3.63, 3.8) is 0 Å². The predicted octanol–water partition coefficient (Wildman–Crippen LogP) is 2.38. The molecule has 0 aromatic rings. The van der Waals surface area contributed by atoms with Crippen molar-refractivity contribution in [3.05, 3.63) is 0 Å². The van der Waals surface area contributed by atoms with Crippen LogP contribution in [-0.2, 0) is 0 Å². The second-order valence-electron chi connectivity index (χ2n) is 5.63. The van der Waals surface area contributed by atoms with Gasteiger partial charge in [0.2, 0.25) is 0 Å². The van der Waals surface area contributed by atoms with Gasteiger partial charge >= 0.3 is 6.03 Å². The molecule has 0 bridgehead atoms. The van der Waals surface area contributed by atoms with Crippen molar-refractivity contribution in [1.29, 1.82) is 0 Å². The zero-order valence-corrected chi connectivity index (χ0v) is 10.6. The Morgan fingerprint density at radius 3 is 2.07 bits per heavy atom. The van der Waals surface area contributed by atoms with Gasteiger partial charge in [-0.25, -0.2) is 4.79 Å². The van der Waals surface area contributed by atoms with Crippen LogP contribution in [0.25, 0.3) is 0 Å². The van der Waals surface area contributed by atoms with Crippen LogP contribution in [0.2, 0.25) is 0 Å². The fourth-order valence-corrected chi connectivity index (χ4v) is 2.34. The highest BCUT2D eigenvalue weighted by atomic mass is 16.2. The molecule has 1 aliphatic carbocycles. The normalized spacial score (nSPS) is 22.2. The van der Waals surface area contributed by atoms with Crippen LogP contribution in [0.5, 0.6) is 0 Å². The first kappa shape index (κ1) is 12.3. The van der Waals surface area contributed by atoms with Crippen LogP contribution in [0.3, 0.4) is 0 Å². The Kier molecular flexibility index (Phi) is 3.31. The van der Waals surface area contributed by atoms with E-state index in [0.29, 0.717) is 16.7 Å². The summed E-state index contributed by atoms with van der Waals surface area (Å²) >= 11 is 0. The van der Waals surface area contributed by atoms with E-state index in [-0.39, 0.29) is 6.03 Å². The molecule has 0 aliphatic heterocycles. The maximum atomic E-state index is 11.3. The number of urea groups is 1. The summed E-state index contributed by atoms with van der Waals surface area (Å²) in [6, 6.07) is -0.0321. The van der Waals surface area contributed by atoms with Gasteiger partial charge in [-0.2, -0.15) is 0 Å². The van der Waals surface area contributed by atoms with E-state index in [9.17, 15) is 4.79 Å². The monoisotopic (exact) mass is 212 g/mol. The summed E-state index contributed by atoms with van der Waals surface area (Å²) in [5.74, 6) is 0.595. The number of hydrogen-bond donors (Lipinski definition) is 2. The lowest BCUT2D eigenvalue weighted by Crippen LogP contribution is -2.37. The van der Waals surface area contributed by atoms with Crippen molar-refractivity contribution in [2.45, 2.75) is 41.0 Å². The van der Waals surface area contributed by atoms with Crippen LogP contribution in [-0.4, -0.2) is 19.1 Å². The summed E-state index contributed by atoms with van der Waals surface area (Å²) in [6.07, 6.45) is 0.980. The molecule has 15 heavy (non-hydrogen) atoms. The highest BCUT2D eigenvalue weighted by Gasteiger charge is 2.64. The number of carbonyl (C=O) groups excluding carboxylic acids is 1. The molecule has 2 amide bonds. The highest BCUT2D eigenvalue weighted by Crippen LogP contribution is 2.67. The standard InChI is InChI=1S/C12H24N2O/c1-6-7-13-10(15)14-8-9-11(2,3)12(9,4)5/h9H,6-8H2,1-5H3,(H2,13,14,15). The number of rotatable bonds is 4. The molecule has 2 N–H and O–H groups in total. The van der Waals surface area contributed by atoms with Crippen molar-refractivity contribution in [2.75, 3.05) is 13.1 Å². The van der Waals surface area contributed by atoms with Gasteiger partial charge in [-0.1, -0.05) is 34.6 Å². The van der Waals surface area contributed by atoms with Crippen LogP contribution in [0.1, 0.15) is 41.0 Å². The SMILES string of the molecule is CCCNC(=O)NCC1C(C)(C)C1(C)C. The van der Waals surface area contributed by atoms with Gasteiger partial charge in [0.05, 0.1) is 0 Å². The van der Waals surface area contributed by atoms with Gasteiger partial charge in [-0.3, -0.25) is 0 Å². The van der Waals surface area contributed by atoms with Crippen LogP contribution < -0.4 is 10.6 Å². The lowest BCUT2D eigenvalue weighted by atomic mass is 10.0. The number of carbonyl (C=O) groups is 1. The molecule has 0 unspecified atom stereocenters. The molecule has 3 nitrogen and oxygen atoms in total. The number of nitrogens with one attached hydrogen (secondary N) is 2. The minimum absolute atomic E-state index is 0.0321. The fraction of sp³-hybridized carbons (Fsp3) is 0.917. The molecule has 0 spiro atoms. The van der Waals surface area contributed by atoms with Gasteiger partial charge in [0.1, 0.15) is 0 Å². The quantitative estimate of drug-likeness (QED) is 0.738. The third-order valence-electron chi connectivity index (χ3n) is 4.32. The third kappa shape index (κ3) is 2.27. The Bertz CT molecular complexity index is 232. The number of amides is 2. The summed E-state index contributed by atoms with van der Waals surface area (Å²) in [6.45, 7) is 12.7. The first-order valence-electron chi connectivity index (χ1n) is 5.85. The molecule has 0 atom stereocenters. The largest absolute Gasteiger partial charge is 0.338 e. The molecule has 0 heterocycles. The zero-order valence-electron chi connectivity index (χ0n) is 10.6. The van der Waals surface area contributed by atoms with Gasteiger partial charge < -0.3 is 10.6 Å². The third-order valence-corrected chi connectivity index (χ3v) is 4.32. The zero-order chi connectivity index (χ0) is 11.7. The van der Waals surface area contributed by atoms with Crippen molar-refractivity contribution in [3.8, 4) is 0 Å². The molecule has 3 heteroatoms. The van der Waals surface area contributed by atoms with E-state index in [0.717, 1.165) is 19.5 Å².